The largest absolute Gasteiger partial charge is 1.00 e. The Morgan fingerprint density at radius 1 is 0.622 bits per heavy atom. The summed E-state index contributed by atoms with van der Waals surface area (Å²) in [6.45, 7) is 3.07. The summed E-state index contributed by atoms with van der Waals surface area (Å²) in [4.78, 5) is 14.1. The maximum absolute atomic E-state index is 12.2. The van der Waals surface area contributed by atoms with Crippen LogP contribution < -0.4 is 32.9 Å². The van der Waals surface area contributed by atoms with Gasteiger partial charge in [-0.25, -0.2) is 0 Å². The SMILES string of the molecule is CCCCN(C)C(=O)CCCCCCCCC[P+](c1ccccc1)(c1ccccc1)c1ccccc1.[Br-]. The molecule has 0 saturated heterocycles. The minimum absolute atomic E-state index is 0. The third kappa shape index (κ3) is 9.38. The Bertz CT molecular complexity index is 900. The third-order valence-electron chi connectivity index (χ3n) is 7.25. The van der Waals surface area contributed by atoms with Gasteiger partial charge in [0.1, 0.15) is 23.2 Å². The van der Waals surface area contributed by atoms with Crippen LogP contribution in [0.2, 0.25) is 0 Å². The average Bonchev–Trinajstić information content (AvgIpc) is 2.94. The van der Waals surface area contributed by atoms with Gasteiger partial charge in [0, 0.05) is 20.0 Å². The molecule has 1 amide bonds. The Balaban J connectivity index is 0.00000481. The highest BCUT2D eigenvalue weighted by molar-refractivity contribution is 7.95. The van der Waals surface area contributed by atoms with Crippen LogP contribution in [0.25, 0.3) is 0 Å². The van der Waals surface area contributed by atoms with Crippen molar-refractivity contribution in [2.45, 2.75) is 71.1 Å². The molecule has 2 nitrogen and oxygen atoms in total. The zero-order chi connectivity index (χ0) is 25.5. The average molecular weight is 583 g/mol. The van der Waals surface area contributed by atoms with E-state index in [-0.39, 0.29) is 17.0 Å². The van der Waals surface area contributed by atoms with Crippen LogP contribution in [-0.2, 0) is 4.79 Å². The summed E-state index contributed by atoms with van der Waals surface area (Å²) >= 11 is 0. The monoisotopic (exact) mass is 581 g/mol. The lowest BCUT2D eigenvalue weighted by Crippen LogP contribution is -3.00. The summed E-state index contributed by atoms with van der Waals surface area (Å²) in [5, 5.41) is 4.45. The predicted octanol–water partition coefficient (Wildman–Crippen LogP) is 4.36. The van der Waals surface area contributed by atoms with Crippen LogP contribution in [0.15, 0.2) is 91.0 Å². The Hall–Kier alpha value is -1.96. The van der Waals surface area contributed by atoms with Crippen molar-refractivity contribution < 1.29 is 21.8 Å². The van der Waals surface area contributed by atoms with E-state index in [0.717, 1.165) is 25.8 Å². The number of unbranched alkanes of at least 4 members (excludes halogenated alkanes) is 7. The fourth-order valence-electron chi connectivity index (χ4n) is 5.10. The van der Waals surface area contributed by atoms with Crippen LogP contribution in [-0.4, -0.2) is 30.6 Å². The van der Waals surface area contributed by atoms with Gasteiger partial charge in [-0.3, -0.25) is 4.79 Å². The van der Waals surface area contributed by atoms with E-state index in [2.05, 4.69) is 97.9 Å². The molecular formula is C33H45BrNOP. The number of benzene rings is 3. The van der Waals surface area contributed by atoms with E-state index in [1.807, 2.05) is 11.9 Å². The highest BCUT2D eigenvalue weighted by atomic mass is 79.9. The molecule has 0 heterocycles. The topological polar surface area (TPSA) is 20.3 Å². The van der Waals surface area contributed by atoms with Gasteiger partial charge in [0.2, 0.25) is 5.91 Å². The molecule has 3 aromatic rings. The highest BCUT2D eigenvalue weighted by Gasteiger charge is 2.44. The van der Waals surface area contributed by atoms with E-state index in [9.17, 15) is 4.79 Å². The van der Waals surface area contributed by atoms with Crippen LogP contribution in [0.1, 0.15) is 71.1 Å². The molecule has 0 unspecified atom stereocenters. The molecule has 0 radical (unpaired) electrons. The third-order valence-corrected chi connectivity index (χ3v) is 11.8. The number of carbonyl (C=O) groups excluding carboxylic acids is 1. The maximum Gasteiger partial charge on any atom is 0.222 e. The number of rotatable bonds is 16. The lowest BCUT2D eigenvalue weighted by molar-refractivity contribution is -0.130. The van der Waals surface area contributed by atoms with E-state index < -0.39 is 7.26 Å². The first-order chi connectivity index (χ1) is 17.7. The quantitative estimate of drug-likeness (QED) is 0.182. The van der Waals surface area contributed by atoms with Gasteiger partial charge in [0.05, 0.1) is 6.16 Å². The predicted molar refractivity (Wildman–Crippen MR) is 159 cm³/mol. The van der Waals surface area contributed by atoms with Crippen molar-refractivity contribution in [3.05, 3.63) is 91.0 Å². The first-order valence-corrected chi connectivity index (χ1v) is 15.9. The molecule has 37 heavy (non-hydrogen) atoms. The number of amides is 1. The van der Waals surface area contributed by atoms with Gasteiger partial charge in [0.15, 0.2) is 0 Å². The van der Waals surface area contributed by atoms with Crippen molar-refractivity contribution in [3.8, 4) is 0 Å². The smallest absolute Gasteiger partial charge is 0.222 e. The Morgan fingerprint density at radius 3 is 1.46 bits per heavy atom. The van der Waals surface area contributed by atoms with Crippen LogP contribution in [0.5, 0.6) is 0 Å². The van der Waals surface area contributed by atoms with Gasteiger partial charge in [-0.05, 0) is 62.1 Å². The molecule has 0 aliphatic heterocycles. The van der Waals surface area contributed by atoms with Gasteiger partial charge < -0.3 is 21.9 Å². The molecule has 200 valence electrons. The summed E-state index contributed by atoms with van der Waals surface area (Å²) in [6, 6.07) is 33.6. The number of nitrogens with zero attached hydrogens (tertiary/aromatic N) is 1. The second-order valence-electron chi connectivity index (χ2n) is 9.93. The van der Waals surface area contributed by atoms with Gasteiger partial charge in [-0.1, -0.05) is 93.6 Å². The number of hydrogen-bond acceptors (Lipinski definition) is 1. The van der Waals surface area contributed by atoms with Crippen molar-refractivity contribution in [1.29, 1.82) is 0 Å². The van der Waals surface area contributed by atoms with E-state index in [4.69, 9.17) is 0 Å². The van der Waals surface area contributed by atoms with Gasteiger partial charge >= 0.3 is 0 Å². The summed E-state index contributed by atoms with van der Waals surface area (Å²) in [7, 11) is 0.255. The molecule has 3 aromatic carbocycles. The number of carbonyl (C=O) groups is 1. The lowest BCUT2D eigenvalue weighted by atomic mass is 10.1. The zero-order valence-electron chi connectivity index (χ0n) is 22.8. The maximum atomic E-state index is 12.2. The molecule has 0 fully saturated rings. The van der Waals surface area contributed by atoms with Crippen LogP contribution in [0.3, 0.4) is 0 Å². The second kappa shape index (κ2) is 17.5. The molecule has 0 aromatic heterocycles. The lowest BCUT2D eigenvalue weighted by Gasteiger charge is -2.27. The highest BCUT2D eigenvalue weighted by Crippen LogP contribution is 2.55. The summed E-state index contributed by atoms with van der Waals surface area (Å²) in [5.74, 6) is 0.312. The molecule has 0 aliphatic carbocycles. The fraction of sp³-hybridized carbons (Fsp3) is 0.424. The summed E-state index contributed by atoms with van der Waals surface area (Å²) in [5.41, 5.74) is 0. The molecule has 0 N–H and O–H groups in total. The standard InChI is InChI=1S/C33H45NOP.BrH/c1-3-4-28-34(2)33(35)27-19-8-6-5-7-9-20-29-36(30-21-13-10-14-22-30,31-23-15-11-16-24-31)32-25-17-12-18-26-32;/h10-18,21-26H,3-9,19-20,27-29H2,1-2H3;1H/q+1;/p-1. The molecule has 0 saturated carbocycles. The van der Waals surface area contributed by atoms with Crippen LogP contribution in [0, 0.1) is 0 Å². The fourth-order valence-corrected chi connectivity index (χ4v) is 9.51. The van der Waals surface area contributed by atoms with Crippen molar-refractivity contribution in [1.82, 2.24) is 4.90 Å². The Labute approximate surface area is 237 Å². The minimum atomic E-state index is -1.69. The minimum Gasteiger partial charge on any atom is -1.00 e. The zero-order valence-corrected chi connectivity index (χ0v) is 25.3. The Kier molecular flexibility index (Phi) is 14.8. The van der Waals surface area contributed by atoms with Crippen molar-refractivity contribution >= 4 is 29.1 Å². The first-order valence-electron chi connectivity index (χ1n) is 14.0. The molecule has 3 rings (SSSR count). The van der Waals surface area contributed by atoms with E-state index in [1.165, 1.54) is 60.6 Å². The molecule has 0 spiro atoms. The van der Waals surface area contributed by atoms with Gasteiger partial charge in [0.25, 0.3) is 0 Å². The van der Waals surface area contributed by atoms with E-state index in [0.29, 0.717) is 12.3 Å². The van der Waals surface area contributed by atoms with E-state index >= 15 is 0 Å². The second-order valence-corrected chi connectivity index (χ2v) is 13.5. The van der Waals surface area contributed by atoms with Crippen molar-refractivity contribution in [3.63, 3.8) is 0 Å². The molecule has 0 aliphatic rings. The first kappa shape index (κ1) is 31.3. The summed E-state index contributed by atoms with van der Waals surface area (Å²) < 4.78 is 0. The van der Waals surface area contributed by atoms with Crippen LogP contribution in [0.4, 0.5) is 0 Å². The normalized spacial score (nSPS) is 11.1. The van der Waals surface area contributed by atoms with Crippen molar-refractivity contribution in [2.24, 2.45) is 0 Å². The molecular weight excluding hydrogens is 537 g/mol. The molecule has 0 atom stereocenters. The van der Waals surface area contributed by atoms with E-state index in [1.54, 1.807) is 0 Å². The number of hydrogen-bond donors (Lipinski definition) is 0. The molecule has 0 bridgehead atoms. The van der Waals surface area contributed by atoms with Gasteiger partial charge in [-0.2, -0.15) is 0 Å². The molecule has 4 heteroatoms. The Morgan fingerprint density at radius 2 is 1.03 bits per heavy atom. The summed E-state index contributed by atoms with van der Waals surface area (Å²) in [6.07, 6.45) is 12.7. The number of halogens is 1. The van der Waals surface area contributed by atoms with Crippen molar-refractivity contribution in [2.75, 3.05) is 19.8 Å². The van der Waals surface area contributed by atoms with Gasteiger partial charge in [-0.15, -0.1) is 0 Å². The van der Waals surface area contributed by atoms with Crippen LogP contribution >= 0.6 is 7.26 Å².